The summed E-state index contributed by atoms with van der Waals surface area (Å²) in [6, 6.07) is 10.8. The van der Waals surface area contributed by atoms with Gasteiger partial charge in [-0.3, -0.25) is 14.5 Å². The molecule has 3 rings (SSSR count). The number of hydrogen-bond acceptors (Lipinski definition) is 7. The predicted octanol–water partition coefficient (Wildman–Crippen LogP) is 3.18. The van der Waals surface area contributed by atoms with Crippen LogP contribution in [-0.4, -0.2) is 56.9 Å². The minimum Gasteiger partial charge on any atom is -0.507 e. The van der Waals surface area contributed by atoms with Gasteiger partial charge in [0.2, 0.25) is 0 Å². The summed E-state index contributed by atoms with van der Waals surface area (Å²) in [7, 11) is 1.57. The van der Waals surface area contributed by atoms with E-state index in [-0.39, 0.29) is 24.5 Å². The molecule has 1 aliphatic heterocycles. The van der Waals surface area contributed by atoms with Gasteiger partial charge in [0, 0.05) is 13.1 Å². The number of amides is 1. The third kappa shape index (κ3) is 5.43. The molecular weight excluding hydrogens is 424 g/mol. The van der Waals surface area contributed by atoms with Gasteiger partial charge < -0.3 is 20.1 Å². The van der Waals surface area contributed by atoms with Crippen molar-refractivity contribution in [3.8, 4) is 11.5 Å². The molecule has 9 nitrogen and oxygen atoms in total. The molecule has 3 N–H and O–H groups in total. The van der Waals surface area contributed by atoms with Crippen LogP contribution < -0.4 is 4.74 Å². The first kappa shape index (κ1) is 21.9. The zero-order valence-electron chi connectivity index (χ0n) is 16.3. The Morgan fingerprint density at radius 1 is 1.16 bits per heavy atom. The molecule has 10 heteroatoms. The smallest absolute Gasteiger partial charge is 0.339 e. The SMILES string of the molecule is CN1C(=O)/C(=C/c2ccc(OCCC(=O)O)cc2)SC1=Nc1ccc(C(=O)O)c(O)c1. The van der Waals surface area contributed by atoms with E-state index in [0.717, 1.165) is 17.3 Å². The van der Waals surface area contributed by atoms with Crippen LogP contribution in [0.4, 0.5) is 5.69 Å². The monoisotopic (exact) mass is 442 g/mol. The fourth-order valence-electron chi connectivity index (χ4n) is 2.60. The average Bonchev–Trinajstić information content (AvgIpc) is 2.96. The number of rotatable bonds is 7. The second kappa shape index (κ2) is 9.35. The van der Waals surface area contributed by atoms with E-state index in [2.05, 4.69) is 4.99 Å². The third-order valence-corrected chi connectivity index (χ3v) is 5.26. The van der Waals surface area contributed by atoms with Gasteiger partial charge in [0.25, 0.3) is 5.91 Å². The van der Waals surface area contributed by atoms with Gasteiger partial charge in [-0.05, 0) is 47.7 Å². The molecule has 1 saturated heterocycles. The van der Waals surface area contributed by atoms with E-state index < -0.39 is 17.7 Å². The van der Waals surface area contributed by atoms with E-state index in [4.69, 9.17) is 14.9 Å². The number of aliphatic imine (C=N–C) groups is 1. The maximum Gasteiger partial charge on any atom is 0.339 e. The van der Waals surface area contributed by atoms with Crippen molar-refractivity contribution in [3.63, 3.8) is 0 Å². The highest BCUT2D eigenvalue weighted by Crippen LogP contribution is 2.34. The van der Waals surface area contributed by atoms with Crippen LogP contribution in [0.15, 0.2) is 52.4 Å². The fraction of sp³-hybridized carbons (Fsp3) is 0.143. The van der Waals surface area contributed by atoms with Crippen molar-refractivity contribution in [1.82, 2.24) is 4.90 Å². The van der Waals surface area contributed by atoms with E-state index in [1.165, 1.54) is 23.1 Å². The molecule has 1 amide bonds. The van der Waals surface area contributed by atoms with Crippen LogP contribution in [0.25, 0.3) is 6.08 Å². The molecule has 1 aliphatic rings. The first-order chi connectivity index (χ1) is 14.7. The van der Waals surface area contributed by atoms with Crippen molar-refractivity contribution in [3.05, 3.63) is 58.5 Å². The zero-order chi connectivity index (χ0) is 22.5. The van der Waals surface area contributed by atoms with Crippen LogP contribution in [0.1, 0.15) is 22.3 Å². The fourth-order valence-corrected chi connectivity index (χ4v) is 3.59. The molecule has 0 unspecified atom stereocenters. The van der Waals surface area contributed by atoms with E-state index in [0.29, 0.717) is 21.5 Å². The van der Waals surface area contributed by atoms with Gasteiger partial charge >= 0.3 is 11.9 Å². The van der Waals surface area contributed by atoms with Crippen LogP contribution in [0.3, 0.4) is 0 Å². The Morgan fingerprint density at radius 3 is 2.48 bits per heavy atom. The zero-order valence-corrected chi connectivity index (χ0v) is 17.1. The van der Waals surface area contributed by atoms with Gasteiger partial charge in [-0.1, -0.05) is 12.1 Å². The lowest BCUT2D eigenvalue weighted by molar-refractivity contribution is -0.137. The lowest BCUT2D eigenvalue weighted by Crippen LogP contribution is -2.23. The molecule has 0 radical (unpaired) electrons. The molecule has 0 atom stereocenters. The normalized spacial score (nSPS) is 16.2. The van der Waals surface area contributed by atoms with Gasteiger partial charge in [0.15, 0.2) is 5.17 Å². The summed E-state index contributed by atoms with van der Waals surface area (Å²) in [6.45, 7) is 0.0672. The summed E-state index contributed by atoms with van der Waals surface area (Å²) >= 11 is 1.15. The highest BCUT2D eigenvalue weighted by Gasteiger charge is 2.30. The number of benzene rings is 2. The van der Waals surface area contributed by atoms with Crippen molar-refractivity contribution in [1.29, 1.82) is 0 Å². The molecule has 31 heavy (non-hydrogen) atoms. The number of carboxylic acid groups (broad SMARTS) is 2. The van der Waals surface area contributed by atoms with Crippen LogP contribution in [-0.2, 0) is 9.59 Å². The van der Waals surface area contributed by atoms with E-state index in [1.807, 2.05) is 0 Å². The number of thioether (sulfide) groups is 1. The Balaban J connectivity index is 1.74. The minimum absolute atomic E-state index is 0.0672. The van der Waals surface area contributed by atoms with Crippen molar-refractivity contribution in [2.24, 2.45) is 4.99 Å². The molecular formula is C21H18N2O7S. The number of aliphatic carboxylic acids is 1. The first-order valence-electron chi connectivity index (χ1n) is 9.02. The van der Waals surface area contributed by atoms with E-state index in [1.54, 1.807) is 37.4 Å². The van der Waals surface area contributed by atoms with Crippen molar-refractivity contribution >= 4 is 46.5 Å². The number of ether oxygens (including phenoxy) is 1. The standard InChI is InChI=1S/C21H18N2O7S/c1-23-19(27)17(10-12-2-5-14(6-3-12)30-9-8-18(25)26)31-21(23)22-13-4-7-15(20(28)29)16(24)11-13/h2-7,10-11,24H,8-9H2,1H3,(H,25,26)(H,28,29)/b17-10-,22-21?. The molecule has 0 saturated carbocycles. The summed E-state index contributed by atoms with van der Waals surface area (Å²) in [5.41, 5.74) is 0.830. The molecule has 160 valence electrons. The lowest BCUT2D eigenvalue weighted by atomic mass is 10.2. The van der Waals surface area contributed by atoms with Gasteiger partial charge in [-0.15, -0.1) is 0 Å². The molecule has 0 aromatic heterocycles. The summed E-state index contributed by atoms with van der Waals surface area (Å²) in [6.07, 6.45) is 1.60. The topological polar surface area (TPSA) is 137 Å². The maximum atomic E-state index is 12.5. The van der Waals surface area contributed by atoms with Gasteiger partial charge in [0.05, 0.1) is 23.6 Å². The van der Waals surface area contributed by atoms with Gasteiger partial charge in [-0.2, -0.15) is 0 Å². The Kier molecular flexibility index (Phi) is 6.61. The second-order valence-electron chi connectivity index (χ2n) is 6.44. The molecule has 1 fully saturated rings. The number of nitrogens with zero attached hydrogens (tertiary/aromatic N) is 2. The average molecular weight is 442 g/mol. The Morgan fingerprint density at radius 2 is 1.87 bits per heavy atom. The number of aromatic carboxylic acids is 1. The lowest BCUT2D eigenvalue weighted by Gasteiger charge is -2.07. The van der Waals surface area contributed by atoms with E-state index in [9.17, 15) is 19.5 Å². The van der Waals surface area contributed by atoms with Crippen molar-refractivity contribution < 1.29 is 34.4 Å². The summed E-state index contributed by atoms with van der Waals surface area (Å²) in [5, 5.41) is 27.8. The molecule has 0 aliphatic carbocycles. The molecule has 0 spiro atoms. The van der Waals surface area contributed by atoms with Crippen LogP contribution in [0.2, 0.25) is 0 Å². The van der Waals surface area contributed by atoms with E-state index >= 15 is 0 Å². The first-order valence-corrected chi connectivity index (χ1v) is 9.83. The number of hydrogen-bond donors (Lipinski definition) is 3. The van der Waals surface area contributed by atoms with Crippen molar-refractivity contribution in [2.45, 2.75) is 6.42 Å². The van der Waals surface area contributed by atoms with Gasteiger partial charge in [0.1, 0.15) is 17.1 Å². The Bertz CT molecular complexity index is 1090. The second-order valence-corrected chi connectivity index (χ2v) is 7.45. The van der Waals surface area contributed by atoms with Crippen LogP contribution >= 0.6 is 11.8 Å². The predicted molar refractivity (Wildman–Crippen MR) is 115 cm³/mol. The highest BCUT2D eigenvalue weighted by molar-refractivity contribution is 8.18. The molecule has 1 heterocycles. The van der Waals surface area contributed by atoms with Crippen LogP contribution in [0.5, 0.6) is 11.5 Å². The largest absolute Gasteiger partial charge is 0.507 e. The Labute approximate surface area is 181 Å². The number of phenols is 1. The van der Waals surface area contributed by atoms with Crippen molar-refractivity contribution in [2.75, 3.05) is 13.7 Å². The number of amidine groups is 1. The maximum absolute atomic E-state index is 12.5. The quantitative estimate of drug-likeness (QED) is 0.556. The van der Waals surface area contributed by atoms with Crippen LogP contribution in [0, 0.1) is 0 Å². The minimum atomic E-state index is -1.25. The number of carbonyl (C=O) groups is 3. The highest BCUT2D eigenvalue weighted by atomic mass is 32.2. The summed E-state index contributed by atoms with van der Waals surface area (Å²) in [5.74, 6) is -2.32. The number of aromatic hydroxyl groups is 1. The van der Waals surface area contributed by atoms with Gasteiger partial charge in [-0.25, -0.2) is 9.79 Å². The number of carbonyl (C=O) groups excluding carboxylic acids is 1. The molecule has 2 aromatic rings. The third-order valence-electron chi connectivity index (χ3n) is 4.20. The summed E-state index contributed by atoms with van der Waals surface area (Å²) < 4.78 is 5.34. The summed E-state index contributed by atoms with van der Waals surface area (Å²) in [4.78, 5) is 40.2. The number of likely N-dealkylation sites (N-methyl/N-ethyl adjacent to an activating group) is 1. The Hall–Kier alpha value is -3.79. The molecule has 2 aromatic carbocycles. The number of carboxylic acids is 2. The molecule has 0 bridgehead atoms.